The van der Waals surface area contributed by atoms with Crippen LogP contribution in [0.15, 0.2) is 18.2 Å². The number of ether oxygens (including phenoxy) is 2. The molecule has 1 saturated heterocycles. The summed E-state index contributed by atoms with van der Waals surface area (Å²) in [5.74, 6) is 1.54. The minimum absolute atomic E-state index is 0.213. The van der Waals surface area contributed by atoms with Crippen LogP contribution in [0, 0.1) is 5.92 Å². The predicted molar refractivity (Wildman–Crippen MR) is 71.0 cm³/mol. The molecule has 2 aliphatic rings. The molecule has 3 nitrogen and oxygen atoms in total. The van der Waals surface area contributed by atoms with E-state index in [1.165, 1.54) is 11.1 Å². The standard InChI is InChI=1S/C15H21NO2/c1-10-8-16-14-6-3-11-7-12(17-2)4-5-13(11)15(14)18-9-10/h4-5,7,10,14-16H,3,6,8-9H2,1-2H3. The van der Waals surface area contributed by atoms with Gasteiger partial charge in [0.05, 0.1) is 19.8 Å². The molecule has 1 aromatic carbocycles. The molecule has 3 heteroatoms. The Morgan fingerprint density at radius 1 is 1.39 bits per heavy atom. The van der Waals surface area contributed by atoms with E-state index in [0.29, 0.717) is 12.0 Å². The van der Waals surface area contributed by atoms with Crippen molar-refractivity contribution in [2.45, 2.75) is 31.9 Å². The minimum atomic E-state index is 0.213. The summed E-state index contributed by atoms with van der Waals surface area (Å²) in [7, 11) is 1.72. The number of hydrogen-bond acceptors (Lipinski definition) is 3. The van der Waals surface area contributed by atoms with Crippen LogP contribution >= 0.6 is 0 Å². The number of benzene rings is 1. The molecule has 18 heavy (non-hydrogen) atoms. The second-order valence-corrected chi connectivity index (χ2v) is 5.48. The van der Waals surface area contributed by atoms with Crippen LogP contribution in [0.2, 0.25) is 0 Å². The van der Waals surface area contributed by atoms with Gasteiger partial charge in [-0.2, -0.15) is 0 Å². The van der Waals surface area contributed by atoms with Crippen molar-refractivity contribution in [2.75, 3.05) is 20.3 Å². The number of rotatable bonds is 1. The van der Waals surface area contributed by atoms with Crippen LogP contribution in [0.4, 0.5) is 0 Å². The number of aryl methyl sites for hydroxylation is 1. The van der Waals surface area contributed by atoms with Crippen LogP contribution in [0.25, 0.3) is 0 Å². The predicted octanol–water partition coefficient (Wildman–Crippen LogP) is 2.31. The summed E-state index contributed by atoms with van der Waals surface area (Å²) in [6.45, 7) is 4.14. The van der Waals surface area contributed by atoms with Gasteiger partial charge in [-0.25, -0.2) is 0 Å². The molecule has 1 aromatic rings. The Labute approximate surface area is 108 Å². The monoisotopic (exact) mass is 247 g/mol. The van der Waals surface area contributed by atoms with E-state index in [1.54, 1.807) is 7.11 Å². The number of methoxy groups -OCH3 is 1. The highest BCUT2D eigenvalue weighted by atomic mass is 16.5. The second kappa shape index (κ2) is 4.90. The van der Waals surface area contributed by atoms with Crippen molar-refractivity contribution >= 4 is 0 Å². The summed E-state index contributed by atoms with van der Waals surface area (Å²) in [5, 5.41) is 3.65. The third-order valence-electron chi connectivity index (χ3n) is 4.04. The summed E-state index contributed by atoms with van der Waals surface area (Å²) in [6.07, 6.45) is 2.47. The molecule has 3 atom stereocenters. The lowest BCUT2D eigenvalue weighted by molar-refractivity contribution is 0.0237. The van der Waals surface area contributed by atoms with E-state index < -0.39 is 0 Å². The van der Waals surface area contributed by atoms with Crippen LogP contribution in [-0.4, -0.2) is 26.3 Å². The van der Waals surface area contributed by atoms with E-state index in [-0.39, 0.29) is 6.10 Å². The van der Waals surface area contributed by atoms with Crippen molar-refractivity contribution in [2.24, 2.45) is 5.92 Å². The molecule has 1 aliphatic heterocycles. The smallest absolute Gasteiger partial charge is 0.119 e. The first-order valence-electron chi connectivity index (χ1n) is 6.79. The topological polar surface area (TPSA) is 30.5 Å². The zero-order valence-electron chi connectivity index (χ0n) is 11.1. The highest BCUT2D eigenvalue weighted by Crippen LogP contribution is 2.36. The maximum atomic E-state index is 6.12. The Morgan fingerprint density at radius 3 is 3.11 bits per heavy atom. The Morgan fingerprint density at radius 2 is 2.28 bits per heavy atom. The van der Waals surface area contributed by atoms with Crippen LogP contribution in [0.1, 0.15) is 30.6 Å². The first-order valence-corrected chi connectivity index (χ1v) is 6.79. The van der Waals surface area contributed by atoms with Crippen LogP contribution in [-0.2, 0) is 11.2 Å². The van der Waals surface area contributed by atoms with Crippen molar-refractivity contribution in [3.8, 4) is 5.75 Å². The van der Waals surface area contributed by atoms with Gasteiger partial charge < -0.3 is 14.8 Å². The third kappa shape index (κ3) is 2.13. The first kappa shape index (κ1) is 12.0. The molecule has 1 fully saturated rings. The maximum absolute atomic E-state index is 6.12. The van der Waals surface area contributed by atoms with Crippen molar-refractivity contribution in [1.29, 1.82) is 0 Å². The fourth-order valence-corrected chi connectivity index (χ4v) is 2.98. The SMILES string of the molecule is COc1ccc2c(c1)CCC1NCC(C)COC21. The van der Waals surface area contributed by atoms with Gasteiger partial charge in [-0.05, 0) is 42.0 Å². The lowest BCUT2D eigenvalue weighted by Gasteiger charge is -2.32. The maximum Gasteiger partial charge on any atom is 0.119 e. The molecule has 3 rings (SSSR count). The quantitative estimate of drug-likeness (QED) is 0.826. The largest absolute Gasteiger partial charge is 0.497 e. The molecule has 0 spiro atoms. The molecule has 1 heterocycles. The van der Waals surface area contributed by atoms with Crippen molar-refractivity contribution < 1.29 is 9.47 Å². The molecule has 0 aromatic heterocycles. The lowest BCUT2D eigenvalue weighted by Crippen LogP contribution is -2.38. The van der Waals surface area contributed by atoms with Crippen molar-refractivity contribution in [3.63, 3.8) is 0 Å². The first-order chi connectivity index (χ1) is 8.78. The van der Waals surface area contributed by atoms with Crippen LogP contribution < -0.4 is 10.1 Å². The number of nitrogens with one attached hydrogen (secondary N) is 1. The summed E-state index contributed by atoms with van der Waals surface area (Å²) < 4.78 is 11.4. The number of hydrogen-bond donors (Lipinski definition) is 1. The van der Waals surface area contributed by atoms with Crippen molar-refractivity contribution in [3.05, 3.63) is 29.3 Å². The minimum Gasteiger partial charge on any atom is -0.497 e. The van der Waals surface area contributed by atoms with Gasteiger partial charge in [0, 0.05) is 12.6 Å². The summed E-state index contributed by atoms with van der Waals surface area (Å²) in [4.78, 5) is 0. The Bertz CT molecular complexity index is 433. The van der Waals surface area contributed by atoms with E-state index in [4.69, 9.17) is 9.47 Å². The van der Waals surface area contributed by atoms with Gasteiger partial charge in [-0.1, -0.05) is 13.0 Å². The van der Waals surface area contributed by atoms with Gasteiger partial charge in [0.25, 0.3) is 0 Å². The molecule has 1 aliphatic carbocycles. The lowest BCUT2D eigenvalue weighted by atomic mass is 9.85. The van der Waals surface area contributed by atoms with E-state index in [0.717, 1.165) is 31.7 Å². The molecule has 1 N–H and O–H groups in total. The van der Waals surface area contributed by atoms with E-state index >= 15 is 0 Å². The highest BCUT2D eigenvalue weighted by Gasteiger charge is 2.32. The molecule has 98 valence electrons. The molecule has 0 saturated carbocycles. The Hall–Kier alpha value is -1.06. The third-order valence-corrected chi connectivity index (χ3v) is 4.04. The molecular formula is C15H21NO2. The summed E-state index contributed by atoms with van der Waals surface area (Å²) in [5.41, 5.74) is 2.72. The van der Waals surface area contributed by atoms with Crippen molar-refractivity contribution in [1.82, 2.24) is 5.32 Å². The zero-order valence-corrected chi connectivity index (χ0v) is 11.1. The van der Waals surface area contributed by atoms with Gasteiger partial charge in [0.15, 0.2) is 0 Å². The number of fused-ring (bicyclic) bond motifs is 3. The zero-order chi connectivity index (χ0) is 12.5. The Balaban J connectivity index is 1.91. The summed E-state index contributed by atoms with van der Waals surface area (Å²) in [6, 6.07) is 6.83. The Kier molecular flexibility index (Phi) is 3.27. The van der Waals surface area contributed by atoms with Gasteiger partial charge in [0.2, 0.25) is 0 Å². The van der Waals surface area contributed by atoms with Crippen LogP contribution in [0.3, 0.4) is 0 Å². The molecule has 0 radical (unpaired) electrons. The average molecular weight is 247 g/mol. The molecule has 0 amide bonds. The molecule has 3 unspecified atom stereocenters. The fourth-order valence-electron chi connectivity index (χ4n) is 2.98. The second-order valence-electron chi connectivity index (χ2n) is 5.48. The summed E-state index contributed by atoms with van der Waals surface area (Å²) >= 11 is 0. The van der Waals surface area contributed by atoms with Gasteiger partial charge >= 0.3 is 0 Å². The molecule has 0 bridgehead atoms. The van der Waals surface area contributed by atoms with E-state index in [1.807, 2.05) is 6.07 Å². The van der Waals surface area contributed by atoms with E-state index in [9.17, 15) is 0 Å². The van der Waals surface area contributed by atoms with Crippen LogP contribution in [0.5, 0.6) is 5.75 Å². The highest BCUT2D eigenvalue weighted by molar-refractivity contribution is 5.39. The van der Waals surface area contributed by atoms with E-state index in [2.05, 4.69) is 24.4 Å². The average Bonchev–Trinajstić information content (AvgIpc) is 2.60. The molecular weight excluding hydrogens is 226 g/mol. The fraction of sp³-hybridized carbons (Fsp3) is 0.600. The van der Waals surface area contributed by atoms with Gasteiger partial charge in [0.1, 0.15) is 5.75 Å². The van der Waals surface area contributed by atoms with Gasteiger partial charge in [-0.15, -0.1) is 0 Å². The van der Waals surface area contributed by atoms with Gasteiger partial charge in [-0.3, -0.25) is 0 Å². The normalized spacial score (nSPS) is 31.1.